The standard InChI is InChI=1S/C18H25ClFN3O/c1-13-10-14(4-5-21-13)18(24)23-8-6-22(7-9-23)12-15-2-3-16(20)11-17(15)19/h2-3,11,13-14,21H,4-10,12H2,1H3/t13-,14-/m0/s1. The van der Waals surface area contributed by atoms with Crippen LogP contribution in [-0.2, 0) is 11.3 Å². The van der Waals surface area contributed by atoms with Crippen LogP contribution in [0.25, 0.3) is 0 Å². The summed E-state index contributed by atoms with van der Waals surface area (Å²) in [5, 5.41) is 3.86. The molecule has 2 heterocycles. The molecule has 2 atom stereocenters. The van der Waals surface area contributed by atoms with Crippen LogP contribution in [0.15, 0.2) is 18.2 Å². The molecule has 132 valence electrons. The van der Waals surface area contributed by atoms with E-state index in [1.807, 2.05) is 4.90 Å². The largest absolute Gasteiger partial charge is 0.340 e. The van der Waals surface area contributed by atoms with Crippen molar-refractivity contribution in [2.75, 3.05) is 32.7 Å². The van der Waals surface area contributed by atoms with Crippen LogP contribution in [0.2, 0.25) is 5.02 Å². The second-order valence-electron chi connectivity index (χ2n) is 6.91. The fourth-order valence-electron chi connectivity index (χ4n) is 3.63. The highest BCUT2D eigenvalue weighted by molar-refractivity contribution is 6.31. The first-order chi connectivity index (χ1) is 11.5. The number of benzene rings is 1. The van der Waals surface area contributed by atoms with Gasteiger partial charge < -0.3 is 10.2 Å². The van der Waals surface area contributed by atoms with Gasteiger partial charge in [-0.1, -0.05) is 17.7 Å². The first kappa shape index (κ1) is 17.6. The zero-order valence-corrected chi connectivity index (χ0v) is 14.9. The lowest BCUT2D eigenvalue weighted by Gasteiger charge is -2.38. The number of hydrogen-bond donors (Lipinski definition) is 1. The molecular weight excluding hydrogens is 329 g/mol. The molecule has 24 heavy (non-hydrogen) atoms. The number of piperazine rings is 1. The predicted molar refractivity (Wildman–Crippen MR) is 93.5 cm³/mol. The fourth-order valence-corrected chi connectivity index (χ4v) is 3.86. The lowest BCUT2D eigenvalue weighted by atomic mass is 9.92. The van der Waals surface area contributed by atoms with E-state index in [1.54, 1.807) is 6.07 Å². The summed E-state index contributed by atoms with van der Waals surface area (Å²) in [5.74, 6) is 0.164. The van der Waals surface area contributed by atoms with Gasteiger partial charge in [-0.2, -0.15) is 0 Å². The molecule has 0 radical (unpaired) electrons. The number of halogens is 2. The molecule has 1 amide bonds. The third-order valence-electron chi connectivity index (χ3n) is 5.07. The summed E-state index contributed by atoms with van der Waals surface area (Å²) in [6, 6.07) is 4.97. The maximum Gasteiger partial charge on any atom is 0.225 e. The van der Waals surface area contributed by atoms with Gasteiger partial charge >= 0.3 is 0 Å². The number of rotatable bonds is 3. The summed E-state index contributed by atoms with van der Waals surface area (Å²) in [4.78, 5) is 16.9. The molecule has 2 aliphatic rings. The molecule has 0 aliphatic carbocycles. The van der Waals surface area contributed by atoms with Gasteiger partial charge in [-0.05, 0) is 44.0 Å². The van der Waals surface area contributed by atoms with Crippen molar-refractivity contribution in [1.82, 2.24) is 15.1 Å². The van der Waals surface area contributed by atoms with E-state index in [-0.39, 0.29) is 11.7 Å². The second-order valence-corrected chi connectivity index (χ2v) is 7.32. The average Bonchev–Trinajstić information content (AvgIpc) is 2.57. The van der Waals surface area contributed by atoms with Crippen molar-refractivity contribution in [3.8, 4) is 0 Å². The van der Waals surface area contributed by atoms with Crippen molar-refractivity contribution in [2.24, 2.45) is 5.92 Å². The minimum Gasteiger partial charge on any atom is -0.340 e. The molecule has 4 nitrogen and oxygen atoms in total. The highest BCUT2D eigenvalue weighted by atomic mass is 35.5. The third kappa shape index (κ3) is 4.26. The van der Waals surface area contributed by atoms with Crippen LogP contribution in [0.4, 0.5) is 4.39 Å². The van der Waals surface area contributed by atoms with Crippen molar-refractivity contribution in [1.29, 1.82) is 0 Å². The molecule has 1 aromatic carbocycles. The Kier molecular flexibility index (Phi) is 5.74. The van der Waals surface area contributed by atoms with E-state index in [9.17, 15) is 9.18 Å². The van der Waals surface area contributed by atoms with Gasteiger partial charge in [0.15, 0.2) is 0 Å². The second kappa shape index (κ2) is 7.81. The number of carbonyl (C=O) groups is 1. The molecule has 0 saturated carbocycles. The highest BCUT2D eigenvalue weighted by Crippen LogP contribution is 2.22. The van der Waals surface area contributed by atoms with Crippen molar-refractivity contribution in [3.05, 3.63) is 34.6 Å². The van der Waals surface area contributed by atoms with E-state index in [2.05, 4.69) is 17.1 Å². The first-order valence-corrected chi connectivity index (χ1v) is 9.09. The number of carbonyl (C=O) groups excluding carboxylic acids is 1. The SMILES string of the molecule is C[C@H]1C[C@@H](C(=O)N2CCN(Cc3ccc(F)cc3Cl)CC2)CCN1. The zero-order valence-electron chi connectivity index (χ0n) is 14.1. The van der Waals surface area contributed by atoms with Gasteiger partial charge in [0, 0.05) is 49.7 Å². The van der Waals surface area contributed by atoms with Crippen LogP contribution in [0.5, 0.6) is 0 Å². The zero-order chi connectivity index (χ0) is 17.1. The Morgan fingerprint density at radius 1 is 1.33 bits per heavy atom. The first-order valence-electron chi connectivity index (χ1n) is 8.71. The van der Waals surface area contributed by atoms with Crippen LogP contribution >= 0.6 is 11.6 Å². The number of nitrogens with zero attached hydrogens (tertiary/aromatic N) is 2. The van der Waals surface area contributed by atoms with Gasteiger partial charge in [-0.25, -0.2) is 4.39 Å². The maximum absolute atomic E-state index is 13.1. The van der Waals surface area contributed by atoms with Gasteiger partial charge in [0.1, 0.15) is 5.82 Å². The normalized spacial score (nSPS) is 25.7. The van der Waals surface area contributed by atoms with Crippen molar-refractivity contribution in [3.63, 3.8) is 0 Å². The number of piperidine rings is 1. The van der Waals surface area contributed by atoms with Crippen molar-refractivity contribution < 1.29 is 9.18 Å². The summed E-state index contributed by atoms with van der Waals surface area (Å²) in [7, 11) is 0. The van der Waals surface area contributed by atoms with Gasteiger partial charge in [-0.3, -0.25) is 9.69 Å². The van der Waals surface area contributed by atoms with E-state index >= 15 is 0 Å². The molecule has 0 aromatic heterocycles. The highest BCUT2D eigenvalue weighted by Gasteiger charge is 2.30. The summed E-state index contributed by atoms with van der Waals surface area (Å²) >= 11 is 6.11. The van der Waals surface area contributed by atoms with E-state index in [0.717, 1.165) is 51.1 Å². The quantitative estimate of drug-likeness (QED) is 0.907. The van der Waals surface area contributed by atoms with Gasteiger partial charge in [0.05, 0.1) is 0 Å². The molecule has 0 unspecified atom stereocenters. The van der Waals surface area contributed by atoms with Crippen molar-refractivity contribution in [2.45, 2.75) is 32.4 Å². The number of nitrogens with one attached hydrogen (secondary N) is 1. The lowest BCUT2D eigenvalue weighted by Crippen LogP contribution is -2.51. The van der Waals surface area contributed by atoms with Gasteiger partial charge in [-0.15, -0.1) is 0 Å². The molecule has 1 aromatic rings. The third-order valence-corrected chi connectivity index (χ3v) is 5.42. The minimum absolute atomic E-state index is 0.166. The van der Waals surface area contributed by atoms with Crippen LogP contribution in [0.1, 0.15) is 25.3 Å². The molecule has 6 heteroatoms. The Morgan fingerprint density at radius 2 is 2.08 bits per heavy atom. The number of amides is 1. The van der Waals surface area contributed by atoms with Gasteiger partial charge in [0.25, 0.3) is 0 Å². The average molecular weight is 354 g/mol. The summed E-state index contributed by atoms with van der Waals surface area (Å²) in [5.41, 5.74) is 0.935. The molecular formula is C18H25ClFN3O. The van der Waals surface area contributed by atoms with Crippen LogP contribution < -0.4 is 5.32 Å². The Morgan fingerprint density at radius 3 is 2.75 bits per heavy atom. The van der Waals surface area contributed by atoms with E-state index in [0.29, 0.717) is 23.5 Å². The maximum atomic E-state index is 13.1. The summed E-state index contributed by atoms with van der Waals surface area (Å²) in [6.45, 7) is 6.96. The smallest absolute Gasteiger partial charge is 0.225 e. The fraction of sp³-hybridized carbons (Fsp3) is 0.611. The molecule has 0 spiro atoms. The molecule has 2 fully saturated rings. The van der Waals surface area contributed by atoms with Crippen LogP contribution in [-0.4, -0.2) is 54.5 Å². The predicted octanol–water partition coefficient (Wildman–Crippen LogP) is 2.51. The Bertz CT molecular complexity index is 590. The van der Waals surface area contributed by atoms with Gasteiger partial charge in [0.2, 0.25) is 5.91 Å². The Labute approximate surface area is 147 Å². The Hall–Kier alpha value is -1.17. The summed E-state index contributed by atoms with van der Waals surface area (Å²) < 4.78 is 13.1. The topological polar surface area (TPSA) is 35.6 Å². The number of hydrogen-bond acceptors (Lipinski definition) is 3. The van der Waals surface area contributed by atoms with Crippen molar-refractivity contribution >= 4 is 17.5 Å². The molecule has 0 bridgehead atoms. The van der Waals surface area contributed by atoms with Crippen LogP contribution in [0, 0.1) is 11.7 Å². The van der Waals surface area contributed by atoms with Crippen LogP contribution in [0.3, 0.4) is 0 Å². The lowest BCUT2D eigenvalue weighted by molar-refractivity contribution is -0.138. The van der Waals surface area contributed by atoms with E-state index < -0.39 is 0 Å². The monoisotopic (exact) mass is 353 g/mol. The molecule has 3 rings (SSSR count). The summed E-state index contributed by atoms with van der Waals surface area (Å²) in [6.07, 6.45) is 1.87. The Balaban J connectivity index is 1.51. The van der Waals surface area contributed by atoms with E-state index in [1.165, 1.54) is 12.1 Å². The van der Waals surface area contributed by atoms with E-state index in [4.69, 9.17) is 11.6 Å². The molecule has 2 saturated heterocycles. The molecule has 1 N–H and O–H groups in total. The minimum atomic E-state index is -0.310. The molecule has 2 aliphatic heterocycles.